The van der Waals surface area contributed by atoms with Crippen molar-refractivity contribution < 1.29 is 8.42 Å². The number of sulfonamides is 1. The Bertz CT molecular complexity index is 629. The fraction of sp³-hybridized carbons (Fsp3) is 0.231. The normalized spacial score (nSPS) is 11.6. The van der Waals surface area contributed by atoms with E-state index in [9.17, 15) is 8.42 Å². The molecule has 4 heteroatoms. The quantitative estimate of drug-likeness (QED) is 0.838. The molecule has 3 nitrogen and oxygen atoms in total. The molecule has 0 radical (unpaired) electrons. The van der Waals surface area contributed by atoms with Crippen LogP contribution in [0, 0.1) is 0 Å². The third-order valence-electron chi connectivity index (χ3n) is 2.72. The van der Waals surface area contributed by atoms with Crippen LogP contribution < -0.4 is 4.31 Å². The molecule has 0 aliphatic carbocycles. The lowest BCUT2D eigenvalue weighted by Crippen LogP contribution is -2.29. The number of rotatable bonds is 3. The van der Waals surface area contributed by atoms with Gasteiger partial charge in [0.2, 0.25) is 10.0 Å². The van der Waals surface area contributed by atoms with Gasteiger partial charge in [-0.1, -0.05) is 36.4 Å². The van der Waals surface area contributed by atoms with E-state index >= 15 is 0 Å². The smallest absolute Gasteiger partial charge is 0.232 e. The molecule has 0 aliphatic heterocycles. The number of anilines is 1. The minimum absolute atomic E-state index is 0.437. The van der Waals surface area contributed by atoms with Gasteiger partial charge in [0.15, 0.2) is 0 Å². The van der Waals surface area contributed by atoms with Gasteiger partial charge in [-0.05, 0) is 18.4 Å². The lowest BCUT2D eigenvalue weighted by Gasteiger charge is -2.22. The van der Waals surface area contributed by atoms with Crippen LogP contribution in [-0.4, -0.2) is 21.2 Å². The third kappa shape index (κ3) is 2.26. The van der Waals surface area contributed by atoms with Crippen molar-refractivity contribution in [2.75, 3.05) is 17.1 Å². The molecule has 0 atom stereocenters. The summed E-state index contributed by atoms with van der Waals surface area (Å²) in [6.07, 6.45) is 1.23. The summed E-state index contributed by atoms with van der Waals surface area (Å²) in [6, 6.07) is 13.5. The van der Waals surface area contributed by atoms with Crippen LogP contribution in [0.2, 0.25) is 0 Å². The molecule has 0 aliphatic rings. The molecule has 0 bridgehead atoms. The van der Waals surface area contributed by atoms with E-state index in [1.54, 1.807) is 0 Å². The second-order valence-electron chi connectivity index (χ2n) is 3.93. The van der Waals surface area contributed by atoms with Crippen molar-refractivity contribution in [2.45, 2.75) is 6.92 Å². The first-order valence-electron chi connectivity index (χ1n) is 5.49. The maximum Gasteiger partial charge on any atom is 0.232 e. The molecular formula is C13H15NO2S. The fourth-order valence-corrected chi connectivity index (χ4v) is 2.99. The summed E-state index contributed by atoms with van der Waals surface area (Å²) in [5.74, 6) is 0. The van der Waals surface area contributed by atoms with Crippen molar-refractivity contribution in [2.24, 2.45) is 0 Å². The monoisotopic (exact) mass is 249 g/mol. The van der Waals surface area contributed by atoms with Crippen LogP contribution in [0.5, 0.6) is 0 Å². The number of hydrogen-bond donors (Lipinski definition) is 0. The molecule has 2 rings (SSSR count). The van der Waals surface area contributed by atoms with E-state index in [0.717, 1.165) is 16.5 Å². The first-order chi connectivity index (χ1) is 8.04. The molecule has 0 spiro atoms. The predicted octanol–water partition coefficient (Wildman–Crippen LogP) is 2.63. The molecule has 0 aromatic heterocycles. The summed E-state index contributed by atoms with van der Waals surface area (Å²) in [5.41, 5.74) is 0.744. The molecule has 90 valence electrons. The van der Waals surface area contributed by atoms with E-state index < -0.39 is 10.0 Å². The van der Waals surface area contributed by atoms with E-state index in [0.29, 0.717) is 6.54 Å². The Labute approximate surface area is 102 Å². The summed E-state index contributed by atoms with van der Waals surface area (Å²) in [5, 5.41) is 2.01. The maximum absolute atomic E-state index is 11.7. The summed E-state index contributed by atoms with van der Waals surface area (Å²) < 4.78 is 24.9. The molecular weight excluding hydrogens is 234 g/mol. The van der Waals surface area contributed by atoms with Gasteiger partial charge in [0, 0.05) is 11.9 Å². The zero-order chi connectivity index (χ0) is 12.5. The van der Waals surface area contributed by atoms with Crippen LogP contribution in [0.4, 0.5) is 5.69 Å². The zero-order valence-electron chi connectivity index (χ0n) is 9.92. The van der Waals surface area contributed by atoms with E-state index in [-0.39, 0.29) is 0 Å². The molecule has 2 aromatic carbocycles. The van der Waals surface area contributed by atoms with Crippen molar-refractivity contribution >= 4 is 26.5 Å². The van der Waals surface area contributed by atoms with Gasteiger partial charge in [-0.25, -0.2) is 8.42 Å². The van der Waals surface area contributed by atoms with Crippen LogP contribution in [0.15, 0.2) is 42.5 Å². The number of nitrogens with zero attached hydrogens (tertiary/aromatic N) is 1. The van der Waals surface area contributed by atoms with E-state index in [2.05, 4.69) is 0 Å². The van der Waals surface area contributed by atoms with E-state index in [1.807, 2.05) is 49.4 Å². The average Bonchev–Trinajstić information content (AvgIpc) is 2.28. The Morgan fingerprint density at radius 2 is 1.71 bits per heavy atom. The van der Waals surface area contributed by atoms with Crippen molar-refractivity contribution in [1.29, 1.82) is 0 Å². The molecule has 17 heavy (non-hydrogen) atoms. The standard InChI is InChI=1S/C13H15NO2S/c1-3-14(17(2,15)16)13-10-6-8-11-7-4-5-9-12(11)13/h4-10H,3H2,1-2H3. The molecule has 0 saturated heterocycles. The van der Waals surface area contributed by atoms with Gasteiger partial charge >= 0.3 is 0 Å². The van der Waals surface area contributed by atoms with Crippen LogP contribution in [0.25, 0.3) is 10.8 Å². The van der Waals surface area contributed by atoms with E-state index in [1.165, 1.54) is 10.6 Å². The van der Waals surface area contributed by atoms with Gasteiger partial charge in [-0.3, -0.25) is 4.31 Å². The first kappa shape index (κ1) is 11.9. The first-order valence-corrected chi connectivity index (χ1v) is 7.34. The Morgan fingerprint density at radius 1 is 1.06 bits per heavy atom. The van der Waals surface area contributed by atoms with Crippen LogP contribution in [0.1, 0.15) is 6.92 Å². The summed E-state index contributed by atoms with van der Waals surface area (Å²) in [6.45, 7) is 2.27. The molecule has 0 saturated carbocycles. The summed E-state index contributed by atoms with van der Waals surface area (Å²) in [7, 11) is -3.23. The Morgan fingerprint density at radius 3 is 2.35 bits per heavy atom. The Hall–Kier alpha value is -1.55. The second kappa shape index (κ2) is 4.37. The largest absolute Gasteiger partial charge is 0.270 e. The molecule has 0 N–H and O–H groups in total. The predicted molar refractivity (Wildman–Crippen MR) is 71.8 cm³/mol. The highest BCUT2D eigenvalue weighted by molar-refractivity contribution is 7.92. The highest BCUT2D eigenvalue weighted by atomic mass is 32.2. The zero-order valence-corrected chi connectivity index (χ0v) is 10.7. The summed E-state index contributed by atoms with van der Waals surface area (Å²) >= 11 is 0. The Balaban J connectivity index is 2.70. The lowest BCUT2D eigenvalue weighted by molar-refractivity contribution is 0.598. The van der Waals surface area contributed by atoms with Crippen molar-refractivity contribution in [3.8, 4) is 0 Å². The summed E-state index contributed by atoms with van der Waals surface area (Å²) in [4.78, 5) is 0. The SMILES string of the molecule is CCN(c1cccc2ccccc12)S(C)(=O)=O. The molecule has 0 unspecified atom stereocenters. The highest BCUT2D eigenvalue weighted by Gasteiger charge is 2.16. The van der Waals surface area contributed by atoms with Gasteiger partial charge in [0.1, 0.15) is 0 Å². The van der Waals surface area contributed by atoms with Gasteiger partial charge in [-0.2, -0.15) is 0 Å². The van der Waals surface area contributed by atoms with Crippen molar-refractivity contribution in [3.05, 3.63) is 42.5 Å². The second-order valence-corrected chi connectivity index (χ2v) is 5.83. The van der Waals surface area contributed by atoms with Crippen LogP contribution >= 0.6 is 0 Å². The molecule has 0 amide bonds. The fourth-order valence-electron chi connectivity index (χ4n) is 2.01. The lowest BCUT2D eigenvalue weighted by atomic mass is 10.1. The van der Waals surface area contributed by atoms with E-state index in [4.69, 9.17) is 0 Å². The van der Waals surface area contributed by atoms with Gasteiger partial charge in [0.05, 0.1) is 11.9 Å². The highest BCUT2D eigenvalue weighted by Crippen LogP contribution is 2.27. The third-order valence-corrected chi connectivity index (χ3v) is 3.98. The Kier molecular flexibility index (Phi) is 3.07. The molecule has 0 heterocycles. The number of benzene rings is 2. The number of hydrogen-bond acceptors (Lipinski definition) is 2. The van der Waals surface area contributed by atoms with Crippen LogP contribution in [-0.2, 0) is 10.0 Å². The van der Waals surface area contributed by atoms with Crippen molar-refractivity contribution in [3.63, 3.8) is 0 Å². The molecule has 0 fully saturated rings. The van der Waals surface area contributed by atoms with Gasteiger partial charge in [0.25, 0.3) is 0 Å². The topological polar surface area (TPSA) is 37.4 Å². The average molecular weight is 249 g/mol. The van der Waals surface area contributed by atoms with Gasteiger partial charge in [-0.15, -0.1) is 0 Å². The maximum atomic E-state index is 11.7. The minimum atomic E-state index is -3.23. The van der Waals surface area contributed by atoms with Gasteiger partial charge < -0.3 is 0 Å². The minimum Gasteiger partial charge on any atom is -0.270 e. The molecule has 2 aromatic rings. The number of fused-ring (bicyclic) bond motifs is 1. The van der Waals surface area contributed by atoms with Crippen LogP contribution in [0.3, 0.4) is 0 Å². The van der Waals surface area contributed by atoms with Crippen molar-refractivity contribution in [1.82, 2.24) is 0 Å².